The Morgan fingerprint density at radius 2 is 1.85 bits per heavy atom. The second-order valence-electron chi connectivity index (χ2n) is 5.61. The fourth-order valence-electron chi connectivity index (χ4n) is 2.58. The summed E-state index contributed by atoms with van der Waals surface area (Å²) in [6.45, 7) is 2.68. The van der Waals surface area contributed by atoms with Crippen LogP contribution >= 0.6 is 0 Å². The first-order valence-electron chi connectivity index (χ1n) is 7.34. The summed E-state index contributed by atoms with van der Waals surface area (Å²) < 4.78 is 5.08. The summed E-state index contributed by atoms with van der Waals surface area (Å²) >= 11 is 0. The van der Waals surface area contributed by atoms with Gasteiger partial charge in [-0.2, -0.15) is 0 Å². The summed E-state index contributed by atoms with van der Waals surface area (Å²) in [5, 5.41) is 6.23. The molecular formula is C16H24N2O2. The van der Waals surface area contributed by atoms with Gasteiger partial charge >= 0.3 is 0 Å². The van der Waals surface area contributed by atoms with E-state index in [2.05, 4.69) is 17.6 Å². The van der Waals surface area contributed by atoms with Gasteiger partial charge in [0.1, 0.15) is 5.75 Å². The predicted molar refractivity (Wildman–Crippen MR) is 81.0 cm³/mol. The zero-order chi connectivity index (χ0) is 14.4. The number of hydrogen-bond acceptors (Lipinski definition) is 3. The monoisotopic (exact) mass is 276 g/mol. The van der Waals surface area contributed by atoms with Crippen molar-refractivity contribution < 1.29 is 9.53 Å². The highest BCUT2D eigenvalue weighted by Gasteiger charge is 2.18. The molecule has 1 aromatic rings. The molecule has 0 unspecified atom stereocenters. The number of nitrogens with one attached hydrogen (secondary N) is 2. The molecule has 0 atom stereocenters. The van der Waals surface area contributed by atoms with Crippen LogP contribution in [0.4, 0.5) is 5.69 Å². The van der Waals surface area contributed by atoms with E-state index in [9.17, 15) is 4.79 Å². The first kappa shape index (κ1) is 14.9. The Bertz CT molecular complexity index is 423. The highest BCUT2D eigenvalue weighted by atomic mass is 16.5. The SMILES string of the molecule is COc1ccc(NC(=O)CNC2CCC(C)CC2)cc1. The Balaban J connectivity index is 1.72. The molecule has 1 saturated carbocycles. The van der Waals surface area contributed by atoms with E-state index in [0.717, 1.165) is 17.4 Å². The van der Waals surface area contributed by atoms with E-state index in [0.29, 0.717) is 12.6 Å². The van der Waals surface area contributed by atoms with Crippen LogP contribution in [0, 0.1) is 5.92 Å². The fourth-order valence-corrected chi connectivity index (χ4v) is 2.58. The van der Waals surface area contributed by atoms with Gasteiger partial charge in [-0.25, -0.2) is 0 Å². The van der Waals surface area contributed by atoms with Crippen LogP contribution in [0.2, 0.25) is 0 Å². The third-order valence-corrected chi connectivity index (χ3v) is 3.94. The van der Waals surface area contributed by atoms with Gasteiger partial charge in [-0.05, 0) is 55.9 Å². The van der Waals surface area contributed by atoms with E-state index >= 15 is 0 Å². The molecule has 0 saturated heterocycles. The van der Waals surface area contributed by atoms with E-state index < -0.39 is 0 Å². The minimum Gasteiger partial charge on any atom is -0.497 e. The van der Waals surface area contributed by atoms with E-state index in [4.69, 9.17) is 4.74 Å². The molecule has 1 fully saturated rings. The maximum Gasteiger partial charge on any atom is 0.238 e. The molecule has 0 heterocycles. The van der Waals surface area contributed by atoms with E-state index in [1.54, 1.807) is 7.11 Å². The lowest BCUT2D eigenvalue weighted by Gasteiger charge is -2.26. The molecule has 0 aromatic heterocycles. The molecule has 0 radical (unpaired) electrons. The average molecular weight is 276 g/mol. The van der Waals surface area contributed by atoms with Gasteiger partial charge in [-0.1, -0.05) is 6.92 Å². The van der Waals surface area contributed by atoms with Gasteiger partial charge < -0.3 is 15.4 Å². The fraction of sp³-hybridized carbons (Fsp3) is 0.562. The second-order valence-corrected chi connectivity index (χ2v) is 5.61. The third-order valence-electron chi connectivity index (χ3n) is 3.94. The van der Waals surface area contributed by atoms with E-state index in [1.807, 2.05) is 24.3 Å². The molecule has 2 N–H and O–H groups in total. The molecule has 0 bridgehead atoms. The van der Waals surface area contributed by atoms with Crippen LogP contribution in [-0.2, 0) is 4.79 Å². The number of carbonyl (C=O) groups is 1. The molecule has 110 valence electrons. The summed E-state index contributed by atoms with van der Waals surface area (Å²) in [4.78, 5) is 11.9. The van der Waals surface area contributed by atoms with Gasteiger partial charge in [0.25, 0.3) is 0 Å². The Kier molecular flexibility index (Phi) is 5.41. The standard InChI is InChI=1S/C16H24N2O2/c1-12-3-5-13(6-4-12)17-11-16(19)18-14-7-9-15(20-2)10-8-14/h7-10,12-13,17H,3-6,11H2,1-2H3,(H,18,19). The van der Waals surface area contributed by atoms with Crippen LogP contribution in [-0.4, -0.2) is 25.6 Å². The molecule has 1 aliphatic rings. The van der Waals surface area contributed by atoms with Crippen LogP contribution < -0.4 is 15.4 Å². The number of rotatable bonds is 5. The number of methoxy groups -OCH3 is 1. The quantitative estimate of drug-likeness (QED) is 0.869. The number of amides is 1. The zero-order valence-electron chi connectivity index (χ0n) is 12.3. The Morgan fingerprint density at radius 3 is 2.45 bits per heavy atom. The molecule has 20 heavy (non-hydrogen) atoms. The summed E-state index contributed by atoms with van der Waals surface area (Å²) in [6, 6.07) is 7.86. The van der Waals surface area contributed by atoms with Gasteiger partial charge in [0.2, 0.25) is 5.91 Å². The third kappa shape index (κ3) is 4.53. The highest BCUT2D eigenvalue weighted by Crippen LogP contribution is 2.23. The lowest BCUT2D eigenvalue weighted by molar-refractivity contribution is -0.115. The number of anilines is 1. The molecule has 4 heteroatoms. The van der Waals surface area contributed by atoms with Crippen molar-refractivity contribution in [2.24, 2.45) is 5.92 Å². The van der Waals surface area contributed by atoms with Crippen LogP contribution in [0.5, 0.6) is 5.75 Å². The molecular weight excluding hydrogens is 252 g/mol. The number of ether oxygens (including phenoxy) is 1. The summed E-state index contributed by atoms with van der Waals surface area (Å²) in [5.41, 5.74) is 0.801. The van der Waals surface area contributed by atoms with E-state index in [1.165, 1.54) is 25.7 Å². The van der Waals surface area contributed by atoms with E-state index in [-0.39, 0.29) is 5.91 Å². The highest BCUT2D eigenvalue weighted by molar-refractivity contribution is 5.92. The molecule has 1 aliphatic carbocycles. The summed E-state index contributed by atoms with van der Waals surface area (Å²) in [7, 11) is 1.63. The minimum atomic E-state index is 0.00814. The molecule has 0 spiro atoms. The van der Waals surface area contributed by atoms with Gasteiger partial charge in [0, 0.05) is 11.7 Å². The first-order valence-corrected chi connectivity index (χ1v) is 7.34. The van der Waals surface area contributed by atoms with Crippen molar-refractivity contribution in [2.45, 2.75) is 38.6 Å². The Morgan fingerprint density at radius 1 is 1.20 bits per heavy atom. The maximum atomic E-state index is 11.9. The maximum absolute atomic E-state index is 11.9. The van der Waals surface area contributed by atoms with Crippen LogP contribution in [0.15, 0.2) is 24.3 Å². The van der Waals surface area contributed by atoms with Crippen molar-refractivity contribution in [3.8, 4) is 5.75 Å². The first-order chi connectivity index (χ1) is 9.67. The predicted octanol–water partition coefficient (Wildman–Crippen LogP) is 2.80. The number of benzene rings is 1. The number of hydrogen-bond donors (Lipinski definition) is 2. The normalized spacial score (nSPS) is 22.3. The lowest BCUT2D eigenvalue weighted by atomic mass is 9.87. The largest absolute Gasteiger partial charge is 0.497 e. The summed E-state index contributed by atoms with van der Waals surface area (Å²) in [5.74, 6) is 1.63. The van der Waals surface area contributed by atoms with Crippen molar-refractivity contribution in [3.63, 3.8) is 0 Å². The smallest absolute Gasteiger partial charge is 0.238 e. The minimum absolute atomic E-state index is 0.00814. The van der Waals surface area contributed by atoms with Gasteiger partial charge in [0.05, 0.1) is 13.7 Å². The van der Waals surface area contributed by atoms with Crippen molar-refractivity contribution >= 4 is 11.6 Å². The van der Waals surface area contributed by atoms with Crippen LogP contribution in [0.1, 0.15) is 32.6 Å². The molecule has 2 rings (SSSR count). The molecule has 0 aliphatic heterocycles. The van der Waals surface area contributed by atoms with Crippen molar-refractivity contribution in [2.75, 3.05) is 19.0 Å². The van der Waals surface area contributed by atoms with Crippen LogP contribution in [0.3, 0.4) is 0 Å². The van der Waals surface area contributed by atoms with Gasteiger partial charge in [-0.3, -0.25) is 4.79 Å². The topological polar surface area (TPSA) is 50.4 Å². The van der Waals surface area contributed by atoms with Gasteiger partial charge in [-0.15, -0.1) is 0 Å². The van der Waals surface area contributed by atoms with Crippen molar-refractivity contribution in [3.05, 3.63) is 24.3 Å². The van der Waals surface area contributed by atoms with Gasteiger partial charge in [0.15, 0.2) is 0 Å². The zero-order valence-corrected chi connectivity index (χ0v) is 12.3. The lowest BCUT2D eigenvalue weighted by Crippen LogP contribution is -2.38. The average Bonchev–Trinajstić information content (AvgIpc) is 2.47. The molecule has 1 amide bonds. The van der Waals surface area contributed by atoms with Crippen LogP contribution in [0.25, 0.3) is 0 Å². The Hall–Kier alpha value is -1.55. The van der Waals surface area contributed by atoms with Crippen molar-refractivity contribution in [1.29, 1.82) is 0 Å². The summed E-state index contributed by atoms with van der Waals surface area (Å²) in [6.07, 6.45) is 4.88. The molecule has 4 nitrogen and oxygen atoms in total. The number of carbonyl (C=O) groups excluding carboxylic acids is 1. The molecule has 1 aromatic carbocycles. The Labute approximate surface area is 120 Å². The van der Waals surface area contributed by atoms with Crippen molar-refractivity contribution in [1.82, 2.24) is 5.32 Å². The second kappa shape index (κ2) is 7.29.